The summed E-state index contributed by atoms with van der Waals surface area (Å²) in [6.45, 7) is 0. The standard InChI is InChI=1S/C11H6F2IN3/c12-9-5-10(13)17-11(16-9)15-6-7-2-1-3-8(14)4-7/h1-6H/b15-6+. The Hall–Kier alpha value is -1.44. The first-order chi connectivity index (χ1) is 8.13. The van der Waals surface area contributed by atoms with E-state index >= 15 is 0 Å². The molecule has 0 radical (unpaired) electrons. The molecule has 0 N–H and O–H groups in total. The first kappa shape index (κ1) is 12.0. The van der Waals surface area contributed by atoms with Crippen molar-refractivity contribution in [1.29, 1.82) is 0 Å². The summed E-state index contributed by atoms with van der Waals surface area (Å²) in [5.74, 6) is -2.11. The fourth-order valence-electron chi connectivity index (χ4n) is 1.16. The number of hydrogen-bond donors (Lipinski definition) is 0. The van der Waals surface area contributed by atoms with Gasteiger partial charge in [-0.05, 0) is 40.3 Å². The van der Waals surface area contributed by atoms with Crippen LogP contribution < -0.4 is 0 Å². The molecule has 0 unspecified atom stereocenters. The Balaban J connectivity index is 2.25. The van der Waals surface area contributed by atoms with E-state index in [0.717, 1.165) is 9.13 Å². The molecule has 0 bridgehead atoms. The van der Waals surface area contributed by atoms with Crippen LogP contribution in [0, 0.1) is 15.5 Å². The predicted molar refractivity (Wildman–Crippen MR) is 68.4 cm³/mol. The summed E-state index contributed by atoms with van der Waals surface area (Å²) in [4.78, 5) is 10.5. The lowest BCUT2D eigenvalue weighted by molar-refractivity contribution is 0.527. The lowest BCUT2D eigenvalue weighted by atomic mass is 10.2. The number of aromatic nitrogens is 2. The number of rotatable bonds is 2. The fourth-order valence-corrected chi connectivity index (χ4v) is 1.72. The van der Waals surface area contributed by atoms with Gasteiger partial charge in [0.2, 0.25) is 11.9 Å². The van der Waals surface area contributed by atoms with Gasteiger partial charge >= 0.3 is 0 Å². The van der Waals surface area contributed by atoms with Crippen molar-refractivity contribution in [2.75, 3.05) is 0 Å². The lowest BCUT2D eigenvalue weighted by Crippen LogP contribution is -1.91. The first-order valence-corrected chi connectivity index (χ1v) is 5.71. The molecule has 0 spiro atoms. The van der Waals surface area contributed by atoms with E-state index in [0.29, 0.717) is 6.07 Å². The van der Waals surface area contributed by atoms with E-state index in [1.165, 1.54) is 6.21 Å². The number of hydrogen-bond acceptors (Lipinski definition) is 3. The minimum atomic E-state index is -0.938. The highest BCUT2D eigenvalue weighted by Crippen LogP contribution is 2.09. The second-order valence-corrected chi connectivity index (χ2v) is 4.37. The van der Waals surface area contributed by atoms with Crippen molar-refractivity contribution in [2.45, 2.75) is 0 Å². The fraction of sp³-hybridized carbons (Fsp3) is 0. The summed E-state index contributed by atoms with van der Waals surface area (Å²) in [6.07, 6.45) is 1.45. The summed E-state index contributed by atoms with van der Waals surface area (Å²) in [5, 5.41) is 0. The van der Waals surface area contributed by atoms with E-state index in [9.17, 15) is 8.78 Å². The van der Waals surface area contributed by atoms with Crippen LogP contribution in [-0.2, 0) is 0 Å². The second kappa shape index (κ2) is 5.26. The topological polar surface area (TPSA) is 38.1 Å². The molecular weight excluding hydrogens is 339 g/mol. The van der Waals surface area contributed by atoms with Gasteiger partial charge in [-0.25, -0.2) is 4.99 Å². The number of nitrogens with zero attached hydrogens (tertiary/aromatic N) is 3. The number of benzene rings is 1. The Morgan fingerprint density at radius 2 is 1.82 bits per heavy atom. The molecule has 1 aromatic carbocycles. The van der Waals surface area contributed by atoms with Crippen molar-refractivity contribution < 1.29 is 8.78 Å². The van der Waals surface area contributed by atoms with Crippen molar-refractivity contribution >= 4 is 34.8 Å². The van der Waals surface area contributed by atoms with Gasteiger partial charge < -0.3 is 0 Å². The molecule has 0 aliphatic heterocycles. The molecule has 0 saturated heterocycles. The van der Waals surface area contributed by atoms with Gasteiger partial charge in [0.1, 0.15) is 0 Å². The van der Waals surface area contributed by atoms with Crippen molar-refractivity contribution in [3.63, 3.8) is 0 Å². The first-order valence-electron chi connectivity index (χ1n) is 4.63. The average Bonchev–Trinajstić information content (AvgIpc) is 2.25. The quantitative estimate of drug-likeness (QED) is 0.477. The molecule has 17 heavy (non-hydrogen) atoms. The van der Waals surface area contributed by atoms with Gasteiger partial charge in [0, 0.05) is 15.9 Å². The molecule has 1 aromatic heterocycles. The van der Waals surface area contributed by atoms with E-state index in [1.807, 2.05) is 24.3 Å². The van der Waals surface area contributed by atoms with E-state index < -0.39 is 11.9 Å². The molecule has 3 nitrogen and oxygen atoms in total. The minimum Gasteiger partial charge on any atom is -0.219 e. The van der Waals surface area contributed by atoms with Crippen LogP contribution in [0.2, 0.25) is 0 Å². The Bertz CT molecular complexity index is 552. The molecular formula is C11H6F2IN3. The summed E-state index contributed by atoms with van der Waals surface area (Å²) in [6, 6.07) is 8.08. The Kier molecular flexibility index (Phi) is 3.72. The zero-order chi connectivity index (χ0) is 12.3. The van der Waals surface area contributed by atoms with Crippen LogP contribution in [0.25, 0.3) is 0 Å². The van der Waals surface area contributed by atoms with Crippen LogP contribution in [0.4, 0.5) is 14.7 Å². The van der Waals surface area contributed by atoms with Gasteiger partial charge in [-0.15, -0.1) is 0 Å². The Morgan fingerprint density at radius 3 is 2.47 bits per heavy atom. The molecule has 2 rings (SSSR count). The van der Waals surface area contributed by atoms with E-state index in [2.05, 4.69) is 37.6 Å². The zero-order valence-electron chi connectivity index (χ0n) is 8.44. The SMILES string of the molecule is Fc1cc(F)nc(/N=C/c2cccc(I)c2)n1. The maximum absolute atomic E-state index is 12.8. The van der Waals surface area contributed by atoms with Gasteiger partial charge in [-0.1, -0.05) is 12.1 Å². The van der Waals surface area contributed by atoms with Gasteiger partial charge in [0.05, 0.1) is 0 Å². The molecule has 1 heterocycles. The van der Waals surface area contributed by atoms with Crippen molar-refractivity contribution in [3.05, 3.63) is 51.4 Å². The van der Waals surface area contributed by atoms with E-state index in [1.54, 1.807) is 0 Å². The molecule has 0 atom stereocenters. The van der Waals surface area contributed by atoms with Crippen molar-refractivity contribution in [2.24, 2.45) is 4.99 Å². The number of aliphatic imine (C=N–C) groups is 1. The van der Waals surface area contributed by atoms with Crippen LogP contribution in [0.3, 0.4) is 0 Å². The highest BCUT2D eigenvalue weighted by Gasteiger charge is 2.01. The second-order valence-electron chi connectivity index (χ2n) is 3.13. The summed E-state index contributed by atoms with van der Waals surface area (Å²) in [5.41, 5.74) is 0.810. The minimum absolute atomic E-state index is 0.235. The van der Waals surface area contributed by atoms with Gasteiger partial charge in [-0.3, -0.25) is 0 Å². The van der Waals surface area contributed by atoms with Gasteiger partial charge in [0.25, 0.3) is 5.95 Å². The predicted octanol–water partition coefficient (Wildman–Crippen LogP) is 3.11. The van der Waals surface area contributed by atoms with Gasteiger partial charge in [0.15, 0.2) is 0 Å². The third-order valence-corrected chi connectivity index (χ3v) is 2.50. The van der Waals surface area contributed by atoms with Gasteiger partial charge in [-0.2, -0.15) is 18.7 Å². The molecule has 0 aliphatic rings. The summed E-state index contributed by atoms with van der Waals surface area (Å²) in [7, 11) is 0. The molecule has 6 heteroatoms. The molecule has 86 valence electrons. The number of halogens is 3. The van der Waals surface area contributed by atoms with Crippen molar-refractivity contribution in [1.82, 2.24) is 9.97 Å². The monoisotopic (exact) mass is 345 g/mol. The van der Waals surface area contributed by atoms with Crippen molar-refractivity contribution in [3.8, 4) is 0 Å². The highest BCUT2D eigenvalue weighted by atomic mass is 127. The molecule has 0 aliphatic carbocycles. The van der Waals surface area contributed by atoms with Crippen LogP contribution in [0.15, 0.2) is 35.3 Å². The summed E-state index contributed by atoms with van der Waals surface area (Å²) < 4.78 is 26.5. The zero-order valence-corrected chi connectivity index (χ0v) is 10.6. The Morgan fingerprint density at radius 1 is 1.12 bits per heavy atom. The van der Waals surface area contributed by atoms with Crippen LogP contribution in [0.1, 0.15) is 5.56 Å². The summed E-state index contributed by atoms with van der Waals surface area (Å²) >= 11 is 2.16. The normalized spacial score (nSPS) is 11.0. The third-order valence-electron chi connectivity index (χ3n) is 1.83. The molecule has 0 fully saturated rings. The molecule has 0 amide bonds. The van der Waals surface area contributed by atoms with Crippen LogP contribution in [-0.4, -0.2) is 16.2 Å². The third kappa shape index (κ3) is 3.52. The highest BCUT2D eigenvalue weighted by molar-refractivity contribution is 14.1. The molecule has 0 saturated carbocycles. The largest absolute Gasteiger partial charge is 0.254 e. The van der Waals surface area contributed by atoms with Crippen LogP contribution in [0.5, 0.6) is 0 Å². The van der Waals surface area contributed by atoms with E-state index in [-0.39, 0.29) is 5.95 Å². The smallest absolute Gasteiger partial charge is 0.219 e. The Labute approximate surface area is 110 Å². The van der Waals surface area contributed by atoms with E-state index in [4.69, 9.17) is 0 Å². The molecule has 2 aromatic rings. The average molecular weight is 345 g/mol. The lowest BCUT2D eigenvalue weighted by Gasteiger charge is -1.95. The maximum atomic E-state index is 12.8. The van der Waals surface area contributed by atoms with Crippen LogP contribution >= 0.6 is 22.6 Å². The maximum Gasteiger partial charge on any atom is 0.254 e.